The summed E-state index contributed by atoms with van der Waals surface area (Å²) in [5, 5.41) is 17.4. The molecule has 5 aromatic rings. The third kappa shape index (κ3) is 3.99. The number of pyridine rings is 1. The molecule has 9 heteroatoms. The summed E-state index contributed by atoms with van der Waals surface area (Å²) >= 11 is 9.61. The smallest absolute Gasteiger partial charge is 0.272 e. The monoisotopic (exact) mass is 508 g/mol. The summed E-state index contributed by atoms with van der Waals surface area (Å²) in [6.07, 6.45) is 2.47. The molecule has 0 unspecified atom stereocenters. The van der Waals surface area contributed by atoms with Gasteiger partial charge in [-0.25, -0.2) is 0 Å². The van der Waals surface area contributed by atoms with Gasteiger partial charge in [-0.05, 0) is 51.8 Å². The van der Waals surface area contributed by atoms with Crippen molar-refractivity contribution in [2.24, 2.45) is 0 Å². The lowest BCUT2D eigenvalue weighted by Gasteiger charge is -2.05. The maximum Gasteiger partial charge on any atom is 0.272 e. The Morgan fingerprint density at radius 2 is 1.88 bits per heavy atom. The van der Waals surface area contributed by atoms with E-state index in [0.717, 1.165) is 32.4 Å². The Labute approximate surface area is 197 Å². The van der Waals surface area contributed by atoms with Crippen LogP contribution in [-0.2, 0) is 13.0 Å². The second-order valence-electron chi connectivity index (χ2n) is 7.32. The molecule has 0 aliphatic rings. The Kier molecular flexibility index (Phi) is 5.63. The molecule has 32 heavy (non-hydrogen) atoms. The van der Waals surface area contributed by atoms with E-state index in [1.54, 1.807) is 0 Å². The number of hydrogen-bond acceptors (Lipinski definition) is 4. The van der Waals surface area contributed by atoms with E-state index in [9.17, 15) is 4.79 Å². The Morgan fingerprint density at radius 3 is 2.72 bits per heavy atom. The largest absolute Gasteiger partial charge is 0.350 e. The first kappa shape index (κ1) is 20.7. The number of amides is 1. The SMILES string of the molecule is O=C(NCCc1nnc2ccccn12)c1nn(Cc2ccc(Cl)cc2)c2c(Br)cccc12. The lowest BCUT2D eigenvalue weighted by molar-refractivity contribution is 0.0949. The molecular formula is C23H18BrClN6O. The second-order valence-corrected chi connectivity index (χ2v) is 8.61. The Bertz CT molecular complexity index is 1430. The van der Waals surface area contributed by atoms with E-state index in [0.29, 0.717) is 30.2 Å². The predicted octanol–water partition coefficient (Wildman–Crippen LogP) is 4.52. The molecule has 0 saturated carbocycles. The van der Waals surface area contributed by atoms with E-state index >= 15 is 0 Å². The quantitative estimate of drug-likeness (QED) is 0.365. The van der Waals surface area contributed by atoms with Gasteiger partial charge in [0.1, 0.15) is 5.82 Å². The number of hydrogen-bond donors (Lipinski definition) is 1. The average molecular weight is 510 g/mol. The van der Waals surface area contributed by atoms with Gasteiger partial charge in [0, 0.05) is 34.0 Å². The zero-order valence-electron chi connectivity index (χ0n) is 16.9. The number of rotatable bonds is 6. The molecule has 160 valence electrons. The number of fused-ring (bicyclic) bond motifs is 2. The van der Waals surface area contributed by atoms with E-state index in [2.05, 4.69) is 36.5 Å². The lowest BCUT2D eigenvalue weighted by atomic mass is 10.2. The molecule has 3 aromatic heterocycles. The van der Waals surface area contributed by atoms with Gasteiger partial charge in [0.05, 0.1) is 12.1 Å². The highest BCUT2D eigenvalue weighted by Crippen LogP contribution is 2.27. The fraction of sp³-hybridized carbons (Fsp3) is 0.130. The summed E-state index contributed by atoms with van der Waals surface area (Å²) in [6, 6.07) is 19.1. The van der Waals surface area contributed by atoms with Gasteiger partial charge < -0.3 is 5.32 Å². The van der Waals surface area contributed by atoms with Crippen LogP contribution in [0.25, 0.3) is 16.6 Å². The van der Waals surface area contributed by atoms with Crippen molar-refractivity contribution in [3.63, 3.8) is 0 Å². The van der Waals surface area contributed by atoms with Gasteiger partial charge in [-0.1, -0.05) is 41.9 Å². The fourth-order valence-corrected chi connectivity index (χ4v) is 4.37. The Balaban J connectivity index is 1.37. The van der Waals surface area contributed by atoms with E-state index < -0.39 is 0 Å². The molecule has 0 radical (unpaired) electrons. The molecule has 1 amide bonds. The van der Waals surface area contributed by atoms with Crippen LogP contribution in [0.2, 0.25) is 5.02 Å². The van der Waals surface area contributed by atoms with Crippen LogP contribution < -0.4 is 5.32 Å². The molecule has 3 heterocycles. The minimum absolute atomic E-state index is 0.225. The third-order valence-corrected chi connectivity index (χ3v) is 6.09. The number of halogens is 2. The predicted molar refractivity (Wildman–Crippen MR) is 127 cm³/mol. The highest BCUT2D eigenvalue weighted by molar-refractivity contribution is 9.10. The van der Waals surface area contributed by atoms with Crippen molar-refractivity contribution in [3.8, 4) is 0 Å². The number of carbonyl (C=O) groups excluding carboxylic acids is 1. The highest BCUT2D eigenvalue weighted by atomic mass is 79.9. The standard InChI is InChI=1S/C23H18BrClN6O/c24-18-5-3-4-17-21(29-31(22(17)18)14-15-7-9-16(25)10-8-15)23(32)26-12-11-20-28-27-19-6-1-2-13-30(19)20/h1-10,13H,11-12,14H2,(H,26,32). The van der Waals surface area contributed by atoms with E-state index in [1.165, 1.54) is 0 Å². The van der Waals surface area contributed by atoms with Crippen molar-refractivity contribution in [1.82, 2.24) is 29.7 Å². The zero-order valence-corrected chi connectivity index (χ0v) is 19.2. The number of nitrogens with zero attached hydrogens (tertiary/aromatic N) is 5. The molecule has 0 aliphatic carbocycles. The summed E-state index contributed by atoms with van der Waals surface area (Å²) in [5.41, 5.74) is 3.09. The summed E-state index contributed by atoms with van der Waals surface area (Å²) in [6.45, 7) is 0.948. The fourth-order valence-electron chi connectivity index (χ4n) is 3.67. The Hall–Kier alpha value is -3.23. The van der Waals surface area contributed by atoms with Crippen LogP contribution in [0.1, 0.15) is 21.9 Å². The molecule has 2 aromatic carbocycles. The summed E-state index contributed by atoms with van der Waals surface area (Å²) in [7, 11) is 0. The van der Waals surface area contributed by atoms with Gasteiger partial charge in [0.2, 0.25) is 0 Å². The summed E-state index contributed by atoms with van der Waals surface area (Å²) in [4.78, 5) is 13.0. The van der Waals surface area contributed by atoms with Crippen molar-refractivity contribution in [3.05, 3.63) is 93.4 Å². The molecule has 0 bridgehead atoms. The normalized spacial score (nSPS) is 11.3. The number of carbonyl (C=O) groups is 1. The van der Waals surface area contributed by atoms with Crippen molar-refractivity contribution < 1.29 is 4.79 Å². The average Bonchev–Trinajstić information content (AvgIpc) is 3.38. The van der Waals surface area contributed by atoms with Crippen LogP contribution in [0, 0.1) is 0 Å². The molecule has 0 spiro atoms. The highest BCUT2D eigenvalue weighted by Gasteiger charge is 2.19. The van der Waals surface area contributed by atoms with E-state index in [1.807, 2.05) is 75.9 Å². The van der Waals surface area contributed by atoms with Gasteiger partial charge in [-0.3, -0.25) is 13.9 Å². The zero-order chi connectivity index (χ0) is 22.1. The molecule has 0 atom stereocenters. The molecule has 5 rings (SSSR count). The van der Waals surface area contributed by atoms with Gasteiger partial charge in [0.15, 0.2) is 11.3 Å². The molecule has 7 nitrogen and oxygen atoms in total. The minimum Gasteiger partial charge on any atom is -0.350 e. The topological polar surface area (TPSA) is 77.1 Å². The molecule has 0 fully saturated rings. The van der Waals surface area contributed by atoms with Crippen LogP contribution in [-0.4, -0.2) is 36.8 Å². The molecule has 1 N–H and O–H groups in total. The van der Waals surface area contributed by atoms with Crippen molar-refractivity contribution in [2.45, 2.75) is 13.0 Å². The number of benzene rings is 2. The van der Waals surface area contributed by atoms with Crippen molar-refractivity contribution in [1.29, 1.82) is 0 Å². The van der Waals surface area contributed by atoms with Crippen LogP contribution in [0.15, 0.2) is 71.3 Å². The Morgan fingerprint density at radius 1 is 1.03 bits per heavy atom. The van der Waals surface area contributed by atoms with Crippen molar-refractivity contribution in [2.75, 3.05) is 6.54 Å². The lowest BCUT2D eigenvalue weighted by Crippen LogP contribution is -2.27. The molecular weight excluding hydrogens is 492 g/mol. The number of aromatic nitrogens is 5. The first-order chi connectivity index (χ1) is 15.6. The summed E-state index contributed by atoms with van der Waals surface area (Å²) in [5.74, 6) is 0.568. The first-order valence-corrected chi connectivity index (χ1v) is 11.2. The van der Waals surface area contributed by atoms with Gasteiger partial charge in [-0.2, -0.15) is 5.10 Å². The van der Waals surface area contributed by atoms with Crippen LogP contribution >= 0.6 is 27.5 Å². The minimum atomic E-state index is -0.225. The van der Waals surface area contributed by atoms with Gasteiger partial charge >= 0.3 is 0 Å². The van der Waals surface area contributed by atoms with Gasteiger partial charge in [0.25, 0.3) is 5.91 Å². The number of nitrogens with one attached hydrogen (secondary N) is 1. The number of para-hydroxylation sites is 1. The van der Waals surface area contributed by atoms with Crippen molar-refractivity contribution >= 4 is 50.0 Å². The maximum absolute atomic E-state index is 13.0. The molecule has 0 saturated heterocycles. The maximum atomic E-state index is 13.0. The summed E-state index contributed by atoms with van der Waals surface area (Å²) < 4.78 is 4.63. The van der Waals surface area contributed by atoms with Gasteiger partial charge in [-0.15, -0.1) is 10.2 Å². The third-order valence-electron chi connectivity index (χ3n) is 5.20. The van der Waals surface area contributed by atoms with Crippen LogP contribution in [0.5, 0.6) is 0 Å². The van der Waals surface area contributed by atoms with E-state index in [-0.39, 0.29) is 5.91 Å². The van der Waals surface area contributed by atoms with E-state index in [4.69, 9.17) is 11.6 Å². The molecule has 0 aliphatic heterocycles. The second kappa shape index (κ2) is 8.72. The van der Waals surface area contributed by atoms with Crippen LogP contribution in [0.4, 0.5) is 0 Å². The first-order valence-electron chi connectivity index (χ1n) is 10.1. The van der Waals surface area contributed by atoms with Crippen LogP contribution in [0.3, 0.4) is 0 Å².